The lowest BCUT2D eigenvalue weighted by atomic mass is 9.98. The van der Waals surface area contributed by atoms with Crippen molar-refractivity contribution in [3.63, 3.8) is 0 Å². The number of carbonyl (C=O) groups is 5. The van der Waals surface area contributed by atoms with Gasteiger partial charge in [0.15, 0.2) is 0 Å². The van der Waals surface area contributed by atoms with Gasteiger partial charge in [0.1, 0.15) is 30.1 Å². The van der Waals surface area contributed by atoms with Gasteiger partial charge in [-0.15, -0.1) is 0 Å². The number of hydrogen-bond acceptors (Lipinski definition) is 8. The predicted octanol–water partition coefficient (Wildman–Crippen LogP) is 5.58. The van der Waals surface area contributed by atoms with Crippen molar-refractivity contribution in [2.24, 2.45) is 0 Å². The molecule has 0 bridgehead atoms. The Hall–Kier alpha value is -4.61. The summed E-state index contributed by atoms with van der Waals surface area (Å²) in [6.45, 7) is 11.2. The Kier molecular flexibility index (Phi) is 13.8. The number of alkyl carbamates (subject to hydrolysis) is 3. The largest absolute Gasteiger partial charge is 0.449 e. The molecule has 0 spiro atoms. The minimum absolute atomic E-state index is 0.0721. The molecule has 1 aliphatic rings. The Morgan fingerprint density at radius 3 is 1.75 bits per heavy atom. The van der Waals surface area contributed by atoms with Crippen LogP contribution in [0.3, 0.4) is 0 Å². The van der Waals surface area contributed by atoms with Crippen LogP contribution >= 0.6 is 0 Å². The SMILES string of the molecule is CC(C)(C)OC(=O)NCCCCC(C=O)NC(=O)C(CCCNC(=O)OC(C)(C)C)NC(=O)OCC1c2ccccc2-c2ccccc21. The third kappa shape index (κ3) is 12.5. The maximum atomic E-state index is 13.3. The van der Waals surface area contributed by atoms with Gasteiger partial charge in [0.25, 0.3) is 0 Å². The van der Waals surface area contributed by atoms with Crippen LogP contribution in [0.4, 0.5) is 14.4 Å². The molecule has 12 nitrogen and oxygen atoms in total. The third-order valence-electron chi connectivity index (χ3n) is 7.39. The normalized spacial score (nSPS) is 13.6. The molecule has 0 aromatic heterocycles. The maximum absolute atomic E-state index is 13.3. The molecule has 12 heteroatoms. The van der Waals surface area contributed by atoms with Crippen LogP contribution in [-0.4, -0.2) is 73.5 Å². The summed E-state index contributed by atoms with van der Waals surface area (Å²) in [7, 11) is 0. The topological polar surface area (TPSA) is 161 Å². The molecule has 3 rings (SSSR count). The summed E-state index contributed by atoms with van der Waals surface area (Å²) in [5.41, 5.74) is 3.05. The average molecular weight is 667 g/mol. The zero-order chi connectivity index (χ0) is 35.3. The number of carbonyl (C=O) groups excluding carboxylic acids is 5. The fourth-order valence-corrected chi connectivity index (χ4v) is 5.31. The van der Waals surface area contributed by atoms with Crippen molar-refractivity contribution in [3.8, 4) is 11.1 Å². The number of nitrogens with one attached hydrogen (secondary N) is 4. The molecule has 2 atom stereocenters. The number of hydrogen-bond donors (Lipinski definition) is 4. The number of ether oxygens (including phenoxy) is 3. The smallest absolute Gasteiger partial charge is 0.407 e. The van der Waals surface area contributed by atoms with Crippen LogP contribution in [0.15, 0.2) is 48.5 Å². The summed E-state index contributed by atoms with van der Waals surface area (Å²) in [6.07, 6.45) is 0.715. The van der Waals surface area contributed by atoms with Gasteiger partial charge in [0.2, 0.25) is 5.91 Å². The first kappa shape index (κ1) is 37.8. The predicted molar refractivity (Wildman–Crippen MR) is 182 cm³/mol. The molecule has 0 aliphatic heterocycles. The highest BCUT2D eigenvalue weighted by Crippen LogP contribution is 2.44. The van der Waals surface area contributed by atoms with Crippen LogP contribution in [0.5, 0.6) is 0 Å². The van der Waals surface area contributed by atoms with Gasteiger partial charge in [-0.25, -0.2) is 14.4 Å². The molecule has 0 fully saturated rings. The third-order valence-corrected chi connectivity index (χ3v) is 7.39. The van der Waals surface area contributed by atoms with Crippen LogP contribution in [0.1, 0.15) is 90.7 Å². The summed E-state index contributed by atoms with van der Waals surface area (Å²) in [5.74, 6) is -0.706. The molecule has 4 amide bonds. The van der Waals surface area contributed by atoms with Crippen molar-refractivity contribution in [1.29, 1.82) is 0 Å². The molecule has 0 radical (unpaired) electrons. The van der Waals surface area contributed by atoms with Crippen LogP contribution < -0.4 is 21.3 Å². The molecule has 2 aromatic carbocycles. The highest BCUT2D eigenvalue weighted by Gasteiger charge is 2.30. The Morgan fingerprint density at radius 2 is 1.23 bits per heavy atom. The van der Waals surface area contributed by atoms with Gasteiger partial charge in [-0.1, -0.05) is 48.5 Å². The zero-order valence-corrected chi connectivity index (χ0v) is 28.9. The summed E-state index contributed by atoms with van der Waals surface area (Å²) >= 11 is 0. The van der Waals surface area contributed by atoms with Crippen LogP contribution in [0.2, 0.25) is 0 Å². The molecule has 1 aliphatic carbocycles. The fraction of sp³-hybridized carbons (Fsp3) is 0.528. The summed E-state index contributed by atoms with van der Waals surface area (Å²) in [6, 6.07) is 14.1. The second-order valence-corrected chi connectivity index (χ2v) is 13.8. The monoisotopic (exact) mass is 666 g/mol. The summed E-state index contributed by atoms with van der Waals surface area (Å²) in [4.78, 5) is 62.1. The first-order valence-corrected chi connectivity index (χ1v) is 16.5. The van der Waals surface area contributed by atoms with E-state index in [2.05, 4.69) is 21.3 Å². The van der Waals surface area contributed by atoms with Crippen molar-refractivity contribution in [2.75, 3.05) is 19.7 Å². The van der Waals surface area contributed by atoms with E-state index in [0.29, 0.717) is 38.5 Å². The van der Waals surface area contributed by atoms with E-state index in [4.69, 9.17) is 14.2 Å². The summed E-state index contributed by atoms with van der Waals surface area (Å²) in [5, 5.41) is 10.7. The van der Waals surface area contributed by atoms with Crippen molar-refractivity contribution in [1.82, 2.24) is 21.3 Å². The van der Waals surface area contributed by atoms with Gasteiger partial charge in [-0.3, -0.25) is 4.79 Å². The van der Waals surface area contributed by atoms with E-state index in [1.165, 1.54) is 0 Å². The van der Waals surface area contributed by atoms with E-state index >= 15 is 0 Å². The first-order chi connectivity index (χ1) is 22.7. The Morgan fingerprint density at radius 1 is 0.708 bits per heavy atom. The molecule has 0 saturated carbocycles. The van der Waals surface area contributed by atoms with Gasteiger partial charge in [0.05, 0.1) is 6.04 Å². The van der Waals surface area contributed by atoms with E-state index in [1.54, 1.807) is 41.5 Å². The van der Waals surface area contributed by atoms with Gasteiger partial charge in [-0.05, 0) is 95.9 Å². The van der Waals surface area contributed by atoms with E-state index in [1.807, 2.05) is 48.5 Å². The molecule has 0 heterocycles. The molecular formula is C36H50N4O8. The minimum Gasteiger partial charge on any atom is -0.449 e. The Bertz CT molecular complexity index is 1370. The molecule has 0 saturated heterocycles. The van der Waals surface area contributed by atoms with Gasteiger partial charge < -0.3 is 40.3 Å². The average Bonchev–Trinajstić information content (AvgIpc) is 3.32. The number of rotatable bonds is 15. The van der Waals surface area contributed by atoms with Crippen molar-refractivity contribution < 1.29 is 38.2 Å². The zero-order valence-electron chi connectivity index (χ0n) is 28.9. The number of amides is 4. The molecular weight excluding hydrogens is 616 g/mol. The molecule has 2 aromatic rings. The molecule has 2 unspecified atom stereocenters. The molecule has 262 valence electrons. The van der Waals surface area contributed by atoms with Crippen molar-refractivity contribution >= 4 is 30.5 Å². The number of aldehydes is 1. The minimum atomic E-state index is -1.03. The maximum Gasteiger partial charge on any atom is 0.407 e. The van der Waals surface area contributed by atoms with Crippen LogP contribution in [0, 0.1) is 0 Å². The van der Waals surface area contributed by atoms with E-state index < -0.39 is 47.5 Å². The van der Waals surface area contributed by atoms with E-state index in [-0.39, 0.29) is 25.5 Å². The lowest BCUT2D eigenvalue weighted by Gasteiger charge is -2.22. The lowest BCUT2D eigenvalue weighted by Crippen LogP contribution is -2.50. The quantitative estimate of drug-likeness (QED) is 0.109. The summed E-state index contributed by atoms with van der Waals surface area (Å²) < 4.78 is 16.1. The Labute approximate surface area is 283 Å². The van der Waals surface area contributed by atoms with Gasteiger partial charge in [0, 0.05) is 19.0 Å². The van der Waals surface area contributed by atoms with Crippen LogP contribution in [0.25, 0.3) is 11.1 Å². The number of unbranched alkanes of at least 4 members (excludes halogenated alkanes) is 1. The first-order valence-electron chi connectivity index (χ1n) is 16.5. The highest BCUT2D eigenvalue weighted by atomic mass is 16.6. The Balaban J connectivity index is 1.56. The lowest BCUT2D eigenvalue weighted by molar-refractivity contribution is -0.126. The van der Waals surface area contributed by atoms with Crippen LogP contribution in [-0.2, 0) is 23.8 Å². The van der Waals surface area contributed by atoms with Crippen molar-refractivity contribution in [3.05, 3.63) is 59.7 Å². The molecule has 4 N–H and O–H groups in total. The highest BCUT2D eigenvalue weighted by molar-refractivity contribution is 5.87. The fourth-order valence-electron chi connectivity index (χ4n) is 5.31. The van der Waals surface area contributed by atoms with Gasteiger partial charge >= 0.3 is 18.3 Å². The van der Waals surface area contributed by atoms with E-state index in [9.17, 15) is 24.0 Å². The van der Waals surface area contributed by atoms with E-state index in [0.717, 1.165) is 22.3 Å². The number of fused-ring (bicyclic) bond motifs is 3. The van der Waals surface area contributed by atoms with Crippen molar-refractivity contribution in [2.45, 2.75) is 103 Å². The van der Waals surface area contributed by atoms with Gasteiger partial charge in [-0.2, -0.15) is 0 Å². The standard InChI is InChI=1S/C36H50N4O8/c1-35(2,3)47-32(43)37-20-12-11-14-24(22-41)39-31(42)30(19-13-21-38-33(44)48-36(4,5)6)40-34(45)46-23-29-27-17-9-7-15-25(27)26-16-8-10-18-28(26)29/h7-10,15-18,22,24,29-30H,11-14,19-21,23H2,1-6H3,(H,37,43)(H,38,44)(H,39,42)(H,40,45). The number of benzene rings is 2. The second kappa shape index (κ2) is 17.5. The second-order valence-electron chi connectivity index (χ2n) is 13.8. The molecule has 48 heavy (non-hydrogen) atoms.